The first kappa shape index (κ1) is 13.0. The Balaban J connectivity index is 1.92. The molecular weight excluding hydrogens is 282 g/mol. The predicted octanol–water partition coefficient (Wildman–Crippen LogP) is 2.65. The van der Waals surface area contributed by atoms with Crippen molar-refractivity contribution in [3.05, 3.63) is 64.1 Å². The van der Waals surface area contributed by atoms with Crippen LogP contribution in [0.15, 0.2) is 45.6 Å². The van der Waals surface area contributed by atoms with Crippen molar-refractivity contribution in [2.24, 2.45) is 0 Å². The number of hydrogen-bond donors (Lipinski definition) is 2. The van der Waals surface area contributed by atoms with Crippen molar-refractivity contribution in [2.75, 3.05) is 5.32 Å². The van der Waals surface area contributed by atoms with E-state index in [1.54, 1.807) is 0 Å². The smallest absolute Gasteiger partial charge is 0.408 e. The standard InChI is InChI=1S/C14H8F2N2O3/c15-9-3-1-2-8(12(9)16)13(19)17-7-4-5-11-10(6-7)18-14(20)21-11/h1-6H,(H,17,19)(H,18,20). The van der Waals surface area contributed by atoms with Crippen LogP contribution in [0.5, 0.6) is 0 Å². The molecule has 2 N–H and O–H groups in total. The third-order valence-electron chi connectivity index (χ3n) is 2.87. The van der Waals surface area contributed by atoms with Gasteiger partial charge in [-0.1, -0.05) is 6.07 Å². The first-order valence-corrected chi connectivity index (χ1v) is 5.93. The summed E-state index contributed by atoms with van der Waals surface area (Å²) in [7, 11) is 0. The maximum Gasteiger partial charge on any atom is 0.417 e. The van der Waals surface area contributed by atoms with Crippen LogP contribution in [0.1, 0.15) is 10.4 Å². The Morgan fingerprint density at radius 3 is 2.81 bits per heavy atom. The fourth-order valence-corrected chi connectivity index (χ4v) is 1.91. The highest BCUT2D eigenvalue weighted by atomic mass is 19.2. The van der Waals surface area contributed by atoms with Crippen LogP contribution in [-0.2, 0) is 0 Å². The van der Waals surface area contributed by atoms with E-state index in [2.05, 4.69) is 10.3 Å². The van der Waals surface area contributed by atoms with E-state index in [0.717, 1.165) is 6.07 Å². The molecule has 106 valence electrons. The molecule has 0 bridgehead atoms. The van der Waals surface area contributed by atoms with Gasteiger partial charge in [0.15, 0.2) is 17.2 Å². The van der Waals surface area contributed by atoms with Gasteiger partial charge in [0.05, 0.1) is 11.1 Å². The number of anilines is 1. The van der Waals surface area contributed by atoms with E-state index in [-0.39, 0.29) is 0 Å². The monoisotopic (exact) mass is 290 g/mol. The first-order chi connectivity index (χ1) is 10.0. The molecule has 1 heterocycles. The molecule has 1 aromatic heterocycles. The Morgan fingerprint density at radius 1 is 1.19 bits per heavy atom. The number of oxazole rings is 1. The van der Waals surface area contributed by atoms with E-state index < -0.39 is 28.9 Å². The molecule has 1 amide bonds. The molecule has 0 aliphatic carbocycles. The Kier molecular flexibility index (Phi) is 3.02. The van der Waals surface area contributed by atoms with Crippen LogP contribution in [0.3, 0.4) is 0 Å². The van der Waals surface area contributed by atoms with Crippen LogP contribution in [0, 0.1) is 11.6 Å². The normalized spacial score (nSPS) is 10.8. The molecule has 0 aliphatic rings. The number of carbonyl (C=O) groups is 1. The summed E-state index contributed by atoms with van der Waals surface area (Å²) in [5, 5.41) is 2.42. The van der Waals surface area contributed by atoms with E-state index in [4.69, 9.17) is 4.42 Å². The number of aromatic amines is 1. The highest BCUT2D eigenvalue weighted by molar-refractivity contribution is 6.05. The first-order valence-electron chi connectivity index (χ1n) is 5.93. The maximum atomic E-state index is 13.5. The maximum absolute atomic E-state index is 13.5. The molecule has 0 unspecified atom stereocenters. The van der Waals surface area contributed by atoms with E-state index in [1.807, 2.05) is 0 Å². The lowest BCUT2D eigenvalue weighted by Gasteiger charge is -2.06. The number of halogens is 2. The molecule has 2 aromatic carbocycles. The summed E-state index contributed by atoms with van der Waals surface area (Å²) in [6.07, 6.45) is 0. The summed E-state index contributed by atoms with van der Waals surface area (Å²) in [6.45, 7) is 0. The molecule has 0 spiro atoms. The minimum atomic E-state index is -1.22. The lowest BCUT2D eigenvalue weighted by molar-refractivity contribution is 0.102. The number of nitrogens with one attached hydrogen (secondary N) is 2. The van der Waals surface area contributed by atoms with Gasteiger partial charge in [-0.3, -0.25) is 9.78 Å². The van der Waals surface area contributed by atoms with Gasteiger partial charge in [0.2, 0.25) is 0 Å². The second kappa shape index (κ2) is 4.86. The summed E-state index contributed by atoms with van der Waals surface area (Å²) in [5.74, 6) is -3.73. The molecule has 0 atom stereocenters. The third-order valence-corrected chi connectivity index (χ3v) is 2.87. The van der Waals surface area contributed by atoms with Gasteiger partial charge < -0.3 is 9.73 Å². The van der Waals surface area contributed by atoms with Gasteiger partial charge in [0.25, 0.3) is 5.91 Å². The minimum Gasteiger partial charge on any atom is -0.408 e. The van der Waals surface area contributed by atoms with E-state index in [9.17, 15) is 18.4 Å². The summed E-state index contributed by atoms with van der Waals surface area (Å²) in [5.41, 5.74) is 0.622. The molecule has 7 heteroatoms. The average Bonchev–Trinajstić information content (AvgIpc) is 2.81. The van der Waals surface area contributed by atoms with Crippen LogP contribution in [-0.4, -0.2) is 10.9 Å². The quantitative estimate of drug-likeness (QED) is 0.762. The summed E-state index contributed by atoms with van der Waals surface area (Å²) in [4.78, 5) is 25.4. The van der Waals surface area contributed by atoms with Crippen LogP contribution >= 0.6 is 0 Å². The number of amides is 1. The zero-order valence-corrected chi connectivity index (χ0v) is 10.4. The molecule has 0 radical (unpaired) electrons. The van der Waals surface area contributed by atoms with E-state index in [0.29, 0.717) is 16.8 Å². The Morgan fingerprint density at radius 2 is 2.00 bits per heavy atom. The van der Waals surface area contributed by atoms with Gasteiger partial charge >= 0.3 is 5.76 Å². The van der Waals surface area contributed by atoms with Gasteiger partial charge in [-0.15, -0.1) is 0 Å². The second-order valence-corrected chi connectivity index (χ2v) is 4.28. The van der Waals surface area contributed by atoms with Crippen LogP contribution in [0.25, 0.3) is 11.1 Å². The van der Waals surface area contributed by atoms with Crippen molar-refractivity contribution in [2.45, 2.75) is 0 Å². The summed E-state index contributed by atoms with van der Waals surface area (Å²) in [6, 6.07) is 7.75. The number of fused-ring (bicyclic) bond motifs is 1. The van der Waals surface area contributed by atoms with Crippen molar-refractivity contribution in [1.29, 1.82) is 0 Å². The van der Waals surface area contributed by atoms with Crippen LogP contribution in [0.4, 0.5) is 14.5 Å². The van der Waals surface area contributed by atoms with E-state index >= 15 is 0 Å². The predicted molar refractivity (Wildman–Crippen MR) is 71.1 cm³/mol. The molecule has 5 nitrogen and oxygen atoms in total. The Bertz CT molecular complexity index is 899. The van der Waals surface area contributed by atoms with Crippen LogP contribution in [0.2, 0.25) is 0 Å². The molecule has 0 fully saturated rings. The number of rotatable bonds is 2. The molecule has 3 aromatic rings. The van der Waals surface area contributed by atoms with Crippen molar-refractivity contribution >= 4 is 22.7 Å². The van der Waals surface area contributed by atoms with Crippen molar-refractivity contribution < 1.29 is 18.0 Å². The number of aromatic nitrogens is 1. The highest BCUT2D eigenvalue weighted by Gasteiger charge is 2.15. The Hall–Kier alpha value is -2.96. The van der Waals surface area contributed by atoms with Gasteiger partial charge in [-0.2, -0.15) is 0 Å². The second-order valence-electron chi connectivity index (χ2n) is 4.28. The van der Waals surface area contributed by atoms with E-state index in [1.165, 1.54) is 30.3 Å². The molecule has 0 saturated carbocycles. The van der Waals surface area contributed by atoms with Crippen molar-refractivity contribution in [3.8, 4) is 0 Å². The fraction of sp³-hybridized carbons (Fsp3) is 0. The van der Waals surface area contributed by atoms with Gasteiger partial charge in [0.1, 0.15) is 0 Å². The number of H-pyrrole nitrogens is 1. The van der Waals surface area contributed by atoms with Crippen LogP contribution < -0.4 is 11.1 Å². The minimum absolute atomic E-state index is 0.313. The molecule has 21 heavy (non-hydrogen) atoms. The number of carbonyl (C=O) groups excluding carboxylic acids is 1. The Labute approximate surface area is 116 Å². The lowest BCUT2D eigenvalue weighted by atomic mass is 10.2. The summed E-state index contributed by atoms with van der Waals surface area (Å²) >= 11 is 0. The largest absolute Gasteiger partial charge is 0.417 e. The molecular formula is C14H8F2N2O3. The lowest BCUT2D eigenvalue weighted by Crippen LogP contribution is -2.14. The zero-order chi connectivity index (χ0) is 15.0. The summed E-state index contributed by atoms with van der Waals surface area (Å²) < 4.78 is 31.4. The van der Waals surface area contributed by atoms with Gasteiger partial charge in [0, 0.05) is 5.69 Å². The molecule has 0 aliphatic heterocycles. The van der Waals surface area contributed by atoms with Crippen molar-refractivity contribution in [3.63, 3.8) is 0 Å². The SMILES string of the molecule is O=C(Nc1ccc2oc(=O)[nH]c2c1)c1cccc(F)c1F. The van der Waals surface area contributed by atoms with Crippen molar-refractivity contribution in [1.82, 2.24) is 4.98 Å². The fourth-order valence-electron chi connectivity index (χ4n) is 1.91. The molecule has 0 saturated heterocycles. The third kappa shape index (κ3) is 2.40. The van der Waals surface area contributed by atoms with Gasteiger partial charge in [-0.05, 0) is 30.3 Å². The molecule has 3 rings (SSSR count). The highest BCUT2D eigenvalue weighted by Crippen LogP contribution is 2.18. The van der Waals surface area contributed by atoms with Gasteiger partial charge in [-0.25, -0.2) is 13.6 Å². The topological polar surface area (TPSA) is 75.1 Å². The number of benzene rings is 2. The zero-order valence-electron chi connectivity index (χ0n) is 10.4. The number of hydrogen-bond acceptors (Lipinski definition) is 3. The average molecular weight is 290 g/mol.